The van der Waals surface area contributed by atoms with Crippen molar-refractivity contribution in [2.45, 2.75) is 19.4 Å². The third-order valence-corrected chi connectivity index (χ3v) is 3.79. The van der Waals surface area contributed by atoms with Crippen LogP contribution in [0.5, 0.6) is 5.75 Å². The van der Waals surface area contributed by atoms with Gasteiger partial charge < -0.3 is 10.4 Å². The van der Waals surface area contributed by atoms with E-state index < -0.39 is 0 Å². The lowest BCUT2D eigenvalue weighted by Gasteiger charge is -2.35. The minimum Gasteiger partial charge on any atom is -0.506 e. The van der Waals surface area contributed by atoms with Gasteiger partial charge in [0.15, 0.2) is 0 Å². The predicted molar refractivity (Wildman–Crippen MR) is 79.7 cm³/mol. The molecule has 19 heavy (non-hydrogen) atoms. The third-order valence-electron chi connectivity index (χ3n) is 3.49. The lowest BCUT2D eigenvalue weighted by atomic mass is 9.98. The summed E-state index contributed by atoms with van der Waals surface area (Å²) in [6.45, 7) is 10.2. The molecule has 1 aromatic carbocycles. The van der Waals surface area contributed by atoms with Crippen molar-refractivity contribution >= 4 is 11.6 Å². The molecule has 1 saturated heterocycles. The van der Waals surface area contributed by atoms with Crippen LogP contribution in [0.3, 0.4) is 0 Å². The maximum atomic E-state index is 9.54. The van der Waals surface area contributed by atoms with Gasteiger partial charge in [0, 0.05) is 32.2 Å². The van der Waals surface area contributed by atoms with Crippen LogP contribution in [0.25, 0.3) is 0 Å². The molecule has 1 fully saturated rings. The smallest absolute Gasteiger partial charge is 0.134 e. The van der Waals surface area contributed by atoms with Gasteiger partial charge in [-0.3, -0.25) is 4.90 Å². The highest BCUT2D eigenvalue weighted by molar-refractivity contribution is 6.32. The van der Waals surface area contributed by atoms with Crippen LogP contribution >= 0.6 is 11.6 Å². The molecule has 2 N–H and O–H groups in total. The Morgan fingerprint density at radius 3 is 2.74 bits per heavy atom. The molecule has 1 atom stereocenters. The van der Waals surface area contributed by atoms with Crippen LogP contribution < -0.4 is 5.32 Å². The van der Waals surface area contributed by atoms with Gasteiger partial charge in [-0.15, -0.1) is 6.58 Å². The highest BCUT2D eigenvalue weighted by Gasteiger charge is 2.22. The monoisotopic (exact) mass is 280 g/mol. The largest absolute Gasteiger partial charge is 0.506 e. The van der Waals surface area contributed by atoms with Crippen molar-refractivity contribution in [2.75, 3.05) is 26.2 Å². The third kappa shape index (κ3) is 3.72. The molecule has 0 amide bonds. The number of phenolic OH excluding ortho intramolecular Hbond substituents is 1. The first kappa shape index (κ1) is 14.4. The summed E-state index contributed by atoms with van der Waals surface area (Å²) in [7, 11) is 0. The van der Waals surface area contributed by atoms with Crippen molar-refractivity contribution in [1.29, 1.82) is 0 Å². The van der Waals surface area contributed by atoms with Crippen LogP contribution in [0.2, 0.25) is 5.02 Å². The van der Waals surface area contributed by atoms with E-state index in [4.69, 9.17) is 11.6 Å². The van der Waals surface area contributed by atoms with Crippen molar-refractivity contribution < 1.29 is 5.11 Å². The molecule has 4 heteroatoms. The molecule has 1 aliphatic rings. The Morgan fingerprint density at radius 2 is 2.16 bits per heavy atom. The van der Waals surface area contributed by atoms with E-state index >= 15 is 0 Å². The zero-order chi connectivity index (χ0) is 13.8. The van der Waals surface area contributed by atoms with Gasteiger partial charge in [0.1, 0.15) is 5.75 Å². The first-order chi connectivity index (χ1) is 9.08. The molecule has 0 unspecified atom stereocenters. The van der Waals surface area contributed by atoms with Crippen LogP contribution in [0.4, 0.5) is 0 Å². The van der Waals surface area contributed by atoms with E-state index in [-0.39, 0.29) is 11.8 Å². The zero-order valence-electron chi connectivity index (χ0n) is 11.3. The van der Waals surface area contributed by atoms with Gasteiger partial charge in [-0.2, -0.15) is 0 Å². The zero-order valence-corrected chi connectivity index (χ0v) is 12.1. The van der Waals surface area contributed by atoms with Crippen molar-refractivity contribution in [3.8, 4) is 5.75 Å². The van der Waals surface area contributed by atoms with E-state index in [1.54, 1.807) is 6.07 Å². The second-order valence-corrected chi connectivity index (χ2v) is 5.58. The lowest BCUT2D eigenvalue weighted by molar-refractivity contribution is 0.172. The average molecular weight is 281 g/mol. The maximum Gasteiger partial charge on any atom is 0.134 e. The molecule has 2 rings (SSSR count). The molecule has 1 aromatic rings. The molecule has 0 aliphatic carbocycles. The van der Waals surface area contributed by atoms with Gasteiger partial charge in [-0.1, -0.05) is 23.2 Å². The molecule has 1 heterocycles. The van der Waals surface area contributed by atoms with Crippen molar-refractivity contribution in [1.82, 2.24) is 10.2 Å². The summed E-state index contributed by atoms with van der Waals surface area (Å²) in [6.07, 6.45) is 0.918. The number of hydrogen-bond acceptors (Lipinski definition) is 3. The van der Waals surface area contributed by atoms with E-state index in [9.17, 15) is 5.11 Å². The molecule has 0 aromatic heterocycles. The Labute approximate surface area is 119 Å². The number of phenols is 1. The van der Waals surface area contributed by atoms with Gasteiger partial charge in [-0.25, -0.2) is 0 Å². The van der Waals surface area contributed by atoms with Gasteiger partial charge in [-0.05, 0) is 31.0 Å². The minimum absolute atomic E-state index is 0.139. The fraction of sp³-hybridized carbons (Fsp3) is 0.467. The lowest BCUT2D eigenvalue weighted by Crippen LogP contribution is -2.45. The second kappa shape index (κ2) is 6.42. The standard InChI is InChI=1S/C15H21ClN2O/c1-11(2)9-14(18-7-5-17-6-8-18)12-3-4-15(19)13(16)10-12/h3-4,10,14,17,19H,1,5-9H2,2H3/t14-/m0/s1. The van der Waals surface area contributed by atoms with Crippen LogP contribution in [0, 0.1) is 0 Å². The SMILES string of the molecule is C=C(C)C[C@@H](c1ccc(O)c(Cl)c1)N1CCNCC1. The first-order valence-corrected chi connectivity index (χ1v) is 7.03. The Bertz CT molecular complexity index is 455. The Morgan fingerprint density at radius 1 is 1.47 bits per heavy atom. The molecule has 0 radical (unpaired) electrons. The van der Waals surface area contributed by atoms with Crippen molar-refractivity contribution in [3.05, 3.63) is 40.9 Å². The number of nitrogens with one attached hydrogen (secondary N) is 1. The van der Waals surface area contributed by atoms with Crippen molar-refractivity contribution in [2.24, 2.45) is 0 Å². The summed E-state index contributed by atoms with van der Waals surface area (Å²) < 4.78 is 0. The summed E-state index contributed by atoms with van der Waals surface area (Å²) in [6, 6.07) is 5.78. The molecule has 3 nitrogen and oxygen atoms in total. The molecule has 0 bridgehead atoms. The topological polar surface area (TPSA) is 35.5 Å². The van der Waals surface area contributed by atoms with Gasteiger partial charge in [0.25, 0.3) is 0 Å². The number of halogens is 1. The average Bonchev–Trinajstić information content (AvgIpc) is 2.40. The molecular formula is C15H21ClN2O. The van der Waals surface area contributed by atoms with E-state index in [1.165, 1.54) is 0 Å². The minimum atomic E-state index is 0.139. The highest BCUT2D eigenvalue weighted by Crippen LogP contribution is 2.32. The summed E-state index contributed by atoms with van der Waals surface area (Å²) in [5, 5.41) is 13.3. The summed E-state index contributed by atoms with van der Waals surface area (Å²) in [4.78, 5) is 2.45. The van der Waals surface area contributed by atoms with E-state index in [0.29, 0.717) is 5.02 Å². The van der Waals surface area contributed by atoms with E-state index in [1.807, 2.05) is 12.1 Å². The fourth-order valence-corrected chi connectivity index (χ4v) is 2.70. The van der Waals surface area contributed by atoms with E-state index in [2.05, 4.69) is 23.7 Å². The van der Waals surface area contributed by atoms with Gasteiger partial charge in [0.05, 0.1) is 5.02 Å². The molecule has 0 saturated carbocycles. The van der Waals surface area contributed by atoms with Crippen LogP contribution in [0.15, 0.2) is 30.4 Å². The number of rotatable bonds is 4. The Hall–Kier alpha value is -1.03. The quantitative estimate of drug-likeness (QED) is 0.833. The van der Waals surface area contributed by atoms with E-state index in [0.717, 1.165) is 43.7 Å². The van der Waals surface area contributed by atoms with Gasteiger partial charge >= 0.3 is 0 Å². The number of hydrogen-bond donors (Lipinski definition) is 2. The molecule has 104 valence electrons. The molecule has 0 spiro atoms. The molecule has 1 aliphatic heterocycles. The second-order valence-electron chi connectivity index (χ2n) is 5.17. The normalized spacial score (nSPS) is 18.2. The van der Waals surface area contributed by atoms with Crippen LogP contribution in [-0.4, -0.2) is 36.2 Å². The summed E-state index contributed by atoms with van der Waals surface area (Å²) in [5.74, 6) is 0.139. The van der Waals surface area contributed by atoms with Crippen LogP contribution in [-0.2, 0) is 0 Å². The number of benzene rings is 1. The Kier molecular flexibility index (Phi) is 4.86. The predicted octanol–water partition coefficient (Wildman–Crippen LogP) is 2.96. The van der Waals surface area contributed by atoms with Crippen molar-refractivity contribution in [3.63, 3.8) is 0 Å². The van der Waals surface area contributed by atoms with Gasteiger partial charge in [0.2, 0.25) is 0 Å². The first-order valence-electron chi connectivity index (χ1n) is 6.65. The van der Waals surface area contributed by atoms with Crippen LogP contribution in [0.1, 0.15) is 24.9 Å². The maximum absolute atomic E-state index is 9.54. The highest BCUT2D eigenvalue weighted by atomic mass is 35.5. The number of nitrogens with zero attached hydrogens (tertiary/aromatic N) is 1. The number of aromatic hydroxyl groups is 1. The summed E-state index contributed by atoms with van der Waals surface area (Å²) >= 11 is 6.03. The molecular weight excluding hydrogens is 260 g/mol. The summed E-state index contributed by atoms with van der Waals surface area (Å²) in [5.41, 5.74) is 2.31. The number of piperazine rings is 1. The Balaban J connectivity index is 2.24. The fourth-order valence-electron chi connectivity index (χ4n) is 2.51.